The molecule has 0 aromatic heterocycles. The highest BCUT2D eigenvalue weighted by Gasteiger charge is 2.08. The summed E-state index contributed by atoms with van der Waals surface area (Å²) in [6, 6.07) is 20.3. The van der Waals surface area contributed by atoms with Gasteiger partial charge in [-0.1, -0.05) is 49.4 Å². The number of nitrogens with one attached hydrogen (secondary N) is 1. The summed E-state index contributed by atoms with van der Waals surface area (Å²) < 4.78 is 1.31. The molecule has 0 spiro atoms. The molecule has 1 nitrogen and oxygen atoms in total. The fraction of sp³-hybridized carbons (Fsp3) is 0.368. The van der Waals surface area contributed by atoms with Crippen LogP contribution in [0.25, 0.3) is 0 Å². The molecule has 1 unspecified atom stereocenters. The normalized spacial score (nSPS) is 12.3. The summed E-state index contributed by atoms with van der Waals surface area (Å²) >= 11 is 2.36. The van der Waals surface area contributed by atoms with Crippen LogP contribution in [-0.2, 0) is 12.8 Å². The third-order valence-electron chi connectivity index (χ3n) is 3.75. The lowest BCUT2D eigenvalue weighted by Crippen LogP contribution is -2.31. The maximum Gasteiger partial charge on any atom is 0.0130 e. The zero-order valence-corrected chi connectivity index (χ0v) is 14.8. The molecule has 0 fully saturated rings. The molecule has 0 bridgehead atoms. The van der Waals surface area contributed by atoms with Gasteiger partial charge in [-0.2, -0.15) is 0 Å². The summed E-state index contributed by atoms with van der Waals surface area (Å²) in [5, 5.41) is 3.63. The van der Waals surface area contributed by atoms with E-state index in [4.69, 9.17) is 0 Å². The maximum absolute atomic E-state index is 3.63. The highest BCUT2D eigenvalue weighted by molar-refractivity contribution is 14.1. The first-order chi connectivity index (χ1) is 10.3. The van der Waals surface area contributed by atoms with Crippen molar-refractivity contribution < 1.29 is 0 Å². The van der Waals surface area contributed by atoms with Crippen molar-refractivity contribution in [3.8, 4) is 0 Å². The van der Waals surface area contributed by atoms with E-state index in [2.05, 4.69) is 89.4 Å². The van der Waals surface area contributed by atoms with Gasteiger partial charge in [0.1, 0.15) is 0 Å². The minimum atomic E-state index is 0.582. The molecular formula is C19H24IN. The Morgan fingerprint density at radius 1 is 0.952 bits per heavy atom. The Morgan fingerprint density at radius 3 is 2.33 bits per heavy atom. The summed E-state index contributed by atoms with van der Waals surface area (Å²) in [4.78, 5) is 0. The van der Waals surface area contributed by atoms with E-state index in [-0.39, 0.29) is 0 Å². The molecule has 112 valence electrons. The molecule has 0 amide bonds. The third kappa shape index (κ3) is 6.18. The predicted octanol–water partition coefficient (Wildman–Crippen LogP) is 4.83. The van der Waals surface area contributed by atoms with E-state index in [0.29, 0.717) is 6.04 Å². The zero-order chi connectivity index (χ0) is 14.9. The molecule has 0 radical (unpaired) electrons. The van der Waals surface area contributed by atoms with Crippen LogP contribution < -0.4 is 5.32 Å². The van der Waals surface area contributed by atoms with Crippen LogP contribution in [0.3, 0.4) is 0 Å². The van der Waals surface area contributed by atoms with E-state index in [1.807, 2.05) is 0 Å². The number of hydrogen-bond acceptors (Lipinski definition) is 1. The average Bonchev–Trinajstić information content (AvgIpc) is 2.51. The molecule has 0 heterocycles. The smallest absolute Gasteiger partial charge is 0.0130 e. The molecule has 21 heavy (non-hydrogen) atoms. The Kier molecular flexibility index (Phi) is 7.24. The van der Waals surface area contributed by atoms with Crippen molar-refractivity contribution in [2.24, 2.45) is 0 Å². The minimum absolute atomic E-state index is 0.582. The van der Waals surface area contributed by atoms with Crippen LogP contribution in [0, 0.1) is 3.57 Å². The lowest BCUT2D eigenvalue weighted by Gasteiger charge is -2.18. The summed E-state index contributed by atoms with van der Waals surface area (Å²) in [7, 11) is 0. The first-order valence-electron chi connectivity index (χ1n) is 7.79. The van der Waals surface area contributed by atoms with Crippen molar-refractivity contribution in [3.05, 3.63) is 69.3 Å². The van der Waals surface area contributed by atoms with Crippen LogP contribution in [0.2, 0.25) is 0 Å². The van der Waals surface area contributed by atoms with E-state index in [0.717, 1.165) is 13.0 Å². The SMILES string of the molecule is CCNC(CCCc1ccccc1)Cc1ccc(I)cc1. The minimum Gasteiger partial charge on any atom is -0.314 e. The largest absolute Gasteiger partial charge is 0.314 e. The van der Waals surface area contributed by atoms with E-state index in [1.54, 1.807) is 0 Å². The summed E-state index contributed by atoms with van der Waals surface area (Å²) in [6.45, 7) is 3.23. The monoisotopic (exact) mass is 393 g/mol. The topological polar surface area (TPSA) is 12.0 Å². The molecule has 0 aliphatic carbocycles. The lowest BCUT2D eigenvalue weighted by molar-refractivity contribution is 0.476. The van der Waals surface area contributed by atoms with Crippen molar-refractivity contribution in [3.63, 3.8) is 0 Å². The second-order valence-electron chi connectivity index (χ2n) is 5.46. The fourth-order valence-electron chi connectivity index (χ4n) is 2.67. The van der Waals surface area contributed by atoms with Gasteiger partial charge in [-0.05, 0) is 78.1 Å². The van der Waals surface area contributed by atoms with E-state index < -0.39 is 0 Å². The molecular weight excluding hydrogens is 369 g/mol. The van der Waals surface area contributed by atoms with Crippen molar-refractivity contribution in [1.29, 1.82) is 0 Å². The van der Waals surface area contributed by atoms with Gasteiger partial charge in [0.05, 0.1) is 0 Å². The Hall–Kier alpha value is -0.870. The number of aryl methyl sites for hydroxylation is 1. The molecule has 0 saturated carbocycles. The third-order valence-corrected chi connectivity index (χ3v) is 4.47. The molecule has 1 atom stereocenters. The molecule has 2 rings (SSSR count). The van der Waals surface area contributed by atoms with E-state index >= 15 is 0 Å². The first kappa shape index (κ1) is 16.5. The zero-order valence-electron chi connectivity index (χ0n) is 12.7. The van der Waals surface area contributed by atoms with Crippen LogP contribution in [0.5, 0.6) is 0 Å². The number of rotatable bonds is 8. The van der Waals surface area contributed by atoms with Crippen LogP contribution in [-0.4, -0.2) is 12.6 Å². The number of hydrogen-bond donors (Lipinski definition) is 1. The average molecular weight is 393 g/mol. The Labute approximate surface area is 142 Å². The van der Waals surface area contributed by atoms with Crippen LogP contribution in [0.1, 0.15) is 30.9 Å². The number of benzene rings is 2. The van der Waals surface area contributed by atoms with Gasteiger partial charge >= 0.3 is 0 Å². The van der Waals surface area contributed by atoms with E-state index in [1.165, 1.54) is 34.0 Å². The van der Waals surface area contributed by atoms with Gasteiger partial charge < -0.3 is 5.32 Å². The lowest BCUT2D eigenvalue weighted by atomic mass is 9.99. The van der Waals surface area contributed by atoms with Crippen LogP contribution in [0.15, 0.2) is 54.6 Å². The van der Waals surface area contributed by atoms with Gasteiger partial charge in [0.15, 0.2) is 0 Å². The van der Waals surface area contributed by atoms with E-state index in [9.17, 15) is 0 Å². The first-order valence-corrected chi connectivity index (χ1v) is 8.87. The molecule has 0 aliphatic rings. The molecule has 2 heteroatoms. The summed E-state index contributed by atoms with van der Waals surface area (Å²) in [5.74, 6) is 0. The predicted molar refractivity (Wildman–Crippen MR) is 99.7 cm³/mol. The van der Waals surface area contributed by atoms with Gasteiger partial charge in [-0.15, -0.1) is 0 Å². The Balaban J connectivity index is 1.82. The second kappa shape index (κ2) is 9.21. The molecule has 2 aromatic rings. The number of likely N-dealkylation sites (N-methyl/N-ethyl adjacent to an activating group) is 1. The highest BCUT2D eigenvalue weighted by Crippen LogP contribution is 2.13. The van der Waals surface area contributed by atoms with Gasteiger partial charge in [-0.25, -0.2) is 0 Å². The quantitative estimate of drug-likeness (QED) is 0.634. The second-order valence-corrected chi connectivity index (χ2v) is 6.71. The standard InChI is InChI=1S/C19H24IN/c1-2-21-19(15-17-11-13-18(20)14-12-17)10-6-9-16-7-4-3-5-8-16/h3-5,7-8,11-14,19,21H,2,6,9-10,15H2,1H3. The van der Waals surface area contributed by atoms with Gasteiger partial charge in [0.2, 0.25) is 0 Å². The highest BCUT2D eigenvalue weighted by atomic mass is 127. The van der Waals surface area contributed by atoms with Crippen molar-refractivity contribution >= 4 is 22.6 Å². The fourth-order valence-corrected chi connectivity index (χ4v) is 3.03. The number of halogens is 1. The maximum atomic E-state index is 3.63. The van der Waals surface area contributed by atoms with Gasteiger partial charge in [0, 0.05) is 9.61 Å². The van der Waals surface area contributed by atoms with Crippen LogP contribution in [0.4, 0.5) is 0 Å². The van der Waals surface area contributed by atoms with Gasteiger partial charge in [-0.3, -0.25) is 0 Å². The van der Waals surface area contributed by atoms with Crippen molar-refractivity contribution in [2.45, 2.75) is 38.6 Å². The van der Waals surface area contributed by atoms with Crippen molar-refractivity contribution in [1.82, 2.24) is 5.32 Å². The molecule has 2 aromatic carbocycles. The van der Waals surface area contributed by atoms with Crippen LogP contribution >= 0.6 is 22.6 Å². The Morgan fingerprint density at radius 2 is 1.67 bits per heavy atom. The Bertz CT molecular complexity index is 507. The summed E-state index contributed by atoms with van der Waals surface area (Å²) in [6.07, 6.45) is 4.77. The molecule has 0 saturated heterocycles. The summed E-state index contributed by atoms with van der Waals surface area (Å²) in [5.41, 5.74) is 2.88. The molecule has 1 N–H and O–H groups in total. The van der Waals surface area contributed by atoms with Crippen molar-refractivity contribution in [2.75, 3.05) is 6.54 Å². The van der Waals surface area contributed by atoms with Gasteiger partial charge in [0.25, 0.3) is 0 Å². The molecule has 0 aliphatic heterocycles.